The number of carbonyl (C=O) groups is 1. The molecule has 0 spiro atoms. The summed E-state index contributed by atoms with van der Waals surface area (Å²) in [6.07, 6.45) is 6.58. The van der Waals surface area contributed by atoms with Crippen molar-refractivity contribution in [1.82, 2.24) is 19.6 Å². The number of hydrogen-bond donors (Lipinski definition) is 1. The number of amides is 1. The molecule has 3 heterocycles. The van der Waals surface area contributed by atoms with Gasteiger partial charge in [0.25, 0.3) is 5.91 Å². The first kappa shape index (κ1) is 14.4. The van der Waals surface area contributed by atoms with Crippen molar-refractivity contribution >= 4 is 11.6 Å². The Bertz CT molecular complexity index is 506. The minimum atomic E-state index is 0.0337. The fourth-order valence-corrected chi connectivity index (χ4v) is 3.53. The van der Waals surface area contributed by atoms with Crippen LogP contribution in [0.15, 0.2) is 6.20 Å². The molecule has 0 aromatic carbocycles. The third kappa shape index (κ3) is 2.77. The molecule has 0 radical (unpaired) electrons. The van der Waals surface area contributed by atoms with Crippen LogP contribution in [0.4, 0.5) is 5.69 Å². The Kier molecular flexibility index (Phi) is 4.14. The van der Waals surface area contributed by atoms with Crippen LogP contribution in [0.2, 0.25) is 0 Å². The van der Waals surface area contributed by atoms with Gasteiger partial charge < -0.3 is 10.6 Å². The van der Waals surface area contributed by atoms with Gasteiger partial charge in [-0.2, -0.15) is 5.10 Å². The van der Waals surface area contributed by atoms with Crippen LogP contribution in [0.1, 0.15) is 43.1 Å². The number of anilines is 1. The minimum absolute atomic E-state index is 0.0337. The van der Waals surface area contributed by atoms with Crippen LogP contribution in [0.5, 0.6) is 0 Å². The second-order valence-corrected chi connectivity index (χ2v) is 6.05. The van der Waals surface area contributed by atoms with Crippen molar-refractivity contribution in [1.29, 1.82) is 0 Å². The van der Waals surface area contributed by atoms with Crippen molar-refractivity contribution in [3.63, 3.8) is 0 Å². The van der Waals surface area contributed by atoms with E-state index >= 15 is 0 Å². The molecule has 0 aliphatic carbocycles. The van der Waals surface area contributed by atoms with E-state index in [-0.39, 0.29) is 5.91 Å². The summed E-state index contributed by atoms with van der Waals surface area (Å²) in [7, 11) is 0. The predicted octanol–water partition coefficient (Wildman–Crippen LogP) is 1.19. The van der Waals surface area contributed by atoms with Gasteiger partial charge >= 0.3 is 0 Å². The Balaban J connectivity index is 1.67. The van der Waals surface area contributed by atoms with Gasteiger partial charge in [0, 0.05) is 25.7 Å². The average molecular weight is 291 g/mol. The summed E-state index contributed by atoms with van der Waals surface area (Å²) >= 11 is 0. The van der Waals surface area contributed by atoms with E-state index in [1.54, 1.807) is 10.9 Å². The van der Waals surface area contributed by atoms with Gasteiger partial charge in [-0.1, -0.05) is 6.42 Å². The molecule has 2 fully saturated rings. The smallest absolute Gasteiger partial charge is 0.274 e. The normalized spacial score (nSPS) is 23.7. The van der Waals surface area contributed by atoms with Gasteiger partial charge in [-0.25, -0.2) is 0 Å². The molecule has 2 aliphatic rings. The number of aromatic nitrogens is 2. The summed E-state index contributed by atoms with van der Waals surface area (Å²) in [6.45, 7) is 6.66. The highest BCUT2D eigenvalue weighted by Gasteiger charge is 2.33. The van der Waals surface area contributed by atoms with Gasteiger partial charge in [0.15, 0.2) is 0 Å². The summed E-state index contributed by atoms with van der Waals surface area (Å²) < 4.78 is 1.70. The Labute approximate surface area is 125 Å². The SMILES string of the molecule is CCn1ncc(N)c1C(=O)N1CCC(N2CCCCC2)C1. The fourth-order valence-electron chi connectivity index (χ4n) is 3.53. The van der Waals surface area contributed by atoms with Crippen LogP contribution in [0.3, 0.4) is 0 Å². The first-order valence-electron chi connectivity index (χ1n) is 8.05. The maximum atomic E-state index is 12.7. The highest BCUT2D eigenvalue weighted by Crippen LogP contribution is 2.23. The third-order valence-electron chi connectivity index (χ3n) is 4.73. The van der Waals surface area contributed by atoms with E-state index in [1.807, 2.05) is 11.8 Å². The third-order valence-corrected chi connectivity index (χ3v) is 4.73. The van der Waals surface area contributed by atoms with Crippen molar-refractivity contribution in [3.8, 4) is 0 Å². The molecule has 1 aromatic rings. The van der Waals surface area contributed by atoms with E-state index in [4.69, 9.17) is 5.73 Å². The molecule has 2 saturated heterocycles. The maximum absolute atomic E-state index is 12.7. The average Bonchev–Trinajstić information content (AvgIpc) is 3.14. The standard InChI is InChI=1S/C15H25N5O/c1-2-20-14(13(16)10-17-20)15(21)19-9-6-12(11-19)18-7-4-3-5-8-18/h10,12H,2-9,11,16H2,1H3. The number of nitrogen functional groups attached to an aromatic ring is 1. The number of likely N-dealkylation sites (tertiary alicyclic amines) is 2. The summed E-state index contributed by atoms with van der Waals surface area (Å²) in [5.41, 5.74) is 6.96. The molecule has 2 N–H and O–H groups in total. The van der Waals surface area contributed by atoms with Crippen LogP contribution < -0.4 is 5.73 Å². The topological polar surface area (TPSA) is 67.4 Å². The first-order valence-corrected chi connectivity index (χ1v) is 8.05. The van der Waals surface area contributed by atoms with Crippen molar-refractivity contribution in [3.05, 3.63) is 11.9 Å². The van der Waals surface area contributed by atoms with Gasteiger partial charge in [-0.15, -0.1) is 0 Å². The number of rotatable bonds is 3. The lowest BCUT2D eigenvalue weighted by Crippen LogP contribution is -2.42. The molecular formula is C15H25N5O. The molecule has 6 nitrogen and oxygen atoms in total. The summed E-state index contributed by atoms with van der Waals surface area (Å²) in [5, 5.41) is 4.17. The number of aryl methyl sites for hydroxylation is 1. The highest BCUT2D eigenvalue weighted by atomic mass is 16.2. The number of nitrogens with zero attached hydrogens (tertiary/aromatic N) is 4. The van der Waals surface area contributed by atoms with Crippen LogP contribution in [0.25, 0.3) is 0 Å². The number of piperidine rings is 1. The van der Waals surface area contributed by atoms with Gasteiger partial charge in [0.2, 0.25) is 0 Å². The Morgan fingerprint density at radius 1 is 1.33 bits per heavy atom. The van der Waals surface area contributed by atoms with Crippen molar-refractivity contribution in [2.45, 2.75) is 45.2 Å². The van der Waals surface area contributed by atoms with Crippen LogP contribution in [-0.4, -0.2) is 57.7 Å². The Morgan fingerprint density at radius 2 is 2.10 bits per heavy atom. The molecule has 3 rings (SSSR count). The summed E-state index contributed by atoms with van der Waals surface area (Å²) in [5.74, 6) is 0.0337. The lowest BCUT2D eigenvalue weighted by Gasteiger charge is -2.32. The first-order chi connectivity index (χ1) is 10.2. The van der Waals surface area contributed by atoms with E-state index in [2.05, 4.69) is 10.00 Å². The quantitative estimate of drug-likeness (QED) is 0.908. The summed E-state index contributed by atoms with van der Waals surface area (Å²) in [4.78, 5) is 17.2. The number of hydrogen-bond acceptors (Lipinski definition) is 4. The molecule has 1 unspecified atom stereocenters. The fraction of sp³-hybridized carbons (Fsp3) is 0.733. The van der Waals surface area contributed by atoms with E-state index in [9.17, 15) is 4.79 Å². The molecular weight excluding hydrogens is 266 g/mol. The molecule has 1 atom stereocenters. The van der Waals surface area contributed by atoms with Crippen molar-refractivity contribution in [2.24, 2.45) is 0 Å². The number of carbonyl (C=O) groups excluding carboxylic acids is 1. The zero-order valence-corrected chi connectivity index (χ0v) is 12.8. The van der Waals surface area contributed by atoms with E-state index in [1.165, 1.54) is 32.4 Å². The largest absolute Gasteiger partial charge is 0.396 e. The van der Waals surface area contributed by atoms with Gasteiger partial charge in [-0.05, 0) is 39.3 Å². The van der Waals surface area contributed by atoms with Gasteiger partial charge in [-0.3, -0.25) is 14.4 Å². The maximum Gasteiger partial charge on any atom is 0.274 e. The number of nitrogens with two attached hydrogens (primary N) is 1. The molecule has 6 heteroatoms. The Hall–Kier alpha value is -1.56. The Morgan fingerprint density at radius 3 is 2.81 bits per heavy atom. The second-order valence-electron chi connectivity index (χ2n) is 6.05. The van der Waals surface area contributed by atoms with Gasteiger partial charge in [0.05, 0.1) is 11.9 Å². The zero-order valence-electron chi connectivity index (χ0n) is 12.8. The van der Waals surface area contributed by atoms with E-state index in [0.29, 0.717) is 24.0 Å². The van der Waals surface area contributed by atoms with Crippen molar-refractivity contribution < 1.29 is 4.79 Å². The van der Waals surface area contributed by atoms with Crippen LogP contribution in [-0.2, 0) is 6.54 Å². The van der Waals surface area contributed by atoms with Crippen LogP contribution in [0, 0.1) is 0 Å². The molecule has 2 aliphatic heterocycles. The second kappa shape index (κ2) is 6.05. The molecule has 1 aromatic heterocycles. The van der Waals surface area contributed by atoms with Crippen molar-refractivity contribution in [2.75, 3.05) is 31.9 Å². The molecule has 116 valence electrons. The zero-order chi connectivity index (χ0) is 14.8. The van der Waals surface area contributed by atoms with Gasteiger partial charge in [0.1, 0.15) is 5.69 Å². The van der Waals surface area contributed by atoms with E-state index < -0.39 is 0 Å². The minimum Gasteiger partial charge on any atom is -0.396 e. The molecule has 0 saturated carbocycles. The summed E-state index contributed by atoms with van der Waals surface area (Å²) in [6, 6.07) is 0.522. The molecule has 0 bridgehead atoms. The van der Waals surface area contributed by atoms with Crippen LogP contribution >= 0.6 is 0 Å². The molecule has 21 heavy (non-hydrogen) atoms. The monoisotopic (exact) mass is 291 g/mol. The lowest BCUT2D eigenvalue weighted by atomic mass is 10.1. The predicted molar refractivity (Wildman–Crippen MR) is 82.0 cm³/mol. The van der Waals surface area contributed by atoms with E-state index in [0.717, 1.165) is 19.5 Å². The lowest BCUT2D eigenvalue weighted by molar-refractivity contribution is 0.0760. The molecule has 1 amide bonds. The highest BCUT2D eigenvalue weighted by molar-refractivity contribution is 5.97.